The van der Waals surface area contributed by atoms with Gasteiger partial charge in [0.05, 0.1) is 14.2 Å². The van der Waals surface area contributed by atoms with Crippen LogP contribution in [0.25, 0.3) is 0 Å². The van der Waals surface area contributed by atoms with E-state index in [4.69, 9.17) is 14.2 Å². The van der Waals surface area contributed by atoms with Gasteiger partial charge in [-0.05, 0) is 30.7 Å². The molecule has 0 fully saturated rings. The molecule has 0 unspecified atom stereocenters. The zero-order valence-corrected chi connectivity index (χ0v) is 13.3. The molecule has 116 valence electrons. The van der Waals surface area contributed by atoms with Gasteiger partial charge in [0.15, 0.2) is 11.5 Å². The van der Waals surface area contributed by atoms with Crippen molar-refractivity contribution in [1.29, 1.82) is 0 Å². The van der Waals surface area contributed by atoms with Crippen LogP contribution >= 0.6 is 0 Å². The Bertz CT molecular complexity index is 669. The summed E-state index contributed by atoms with van der Waals surface area (Å²) in [5, 5.41) is 0. The van der Waals surface area contributed by atoms with E-state index in [1.165, 1.54) is 16.7 Å². The Labute approximate surface area is 131 Å². The van der Waals surface area contributed by atoms with Crippen LogP contribution < -0.4 is 14.2 Å². The Morgan fingerprint density at radius 1 is 1.05 bits per heavy atom. The lowest BCUT2D eigenvalue weighted by atomic mass is 10.1. The smallest absolute Gasteiger partial charge is 0.161 e. The minimum atomic E-state index is 0.602. The summed E-state index contributed by atoms with van der Waals surface area (Å²) in [7, 11) is 3.31. The van der Waals surface area contributed by atoms with Crippen molar-refractivity contribution in [2.45, 2.75) is 20.0 Å². The first-order chi connectivity index (χ1) is 10.7. The van der Waals surface area contributed by atoms with Crippen molar-refractivity contribution < 1.29 is 14.2 Å². The van der Waals surface area contributed by atoms with E-state index in [1.54, 1.807) is 14.2 Å². The minimum absolute atomic E-state index is 0.602. The highest BCUT2D eigenvalue weighted by molar-refractivity contribution is 5.43. The van der Waals surface area contributed by atoms with Gasteiger partial charge in [0.1, 0.15) is 12.5 Å². The molecule has 1 heterocycles. The Morgan fingerprint density at radius 3 is 2.64 bits per heavy atom. The molecule has 0 amide bonds. The van der Waals surface area contributed by atoms with Crippen LogP contribution in [-0.2, 0) is 13.1 Å². The first kappa shape index (κ1) is 14.7. The van der Waals surface area contributed by atoms with Gasteiger partial charge < -0.3 is 14.2 Å². The number of methoxy groups -OCH3 is 2. The molecule has 0 aliphatic carbocycles. The molecule has 0 atom stereocenters. The standard InChI is InChI=1S/C18H21NO3/c1-13-4-6-16-15(8-13)11-19(12-22-16)10-14-5-7-17(20-2)18(9-14)21-3/h4-9H,10-12H2,1-3H3. The molecule has 1 aliphatic rings. The predicted molar refractivity (Wildman–Crippen MR) is 85.5 cm³/mol. The molecule has 2 aromatic carbocycles. The summed E-state index contributed by atoms with van der Waals surface area (Å²) in [4.78, 5) is 2.27. The molecule has 2 aromatic rings. The van der Waals surface area contributed by atoms with Crippen LogP contribution in [-0.4, -0.2) is 25.9 Å². The summed E-state index contributed by atoms with van der Waals surface area (Å²) >= 11 is 0. The first-order valence-electron chi connectivity index (χ1n) is 7.35. The third-order valence-corrected chi connectivity index (χ3v) is 3.87. The van der Waals surface area contributed by atoms with Gasteiger partial charge in [0, 0.05) is 18.7 Å². The molecule has 4 nitrogen and oxygen atoms in total. The van der Waals surface area contributed by atoms with E-state index in [9.17, 15) is 0 Å². The molecule has 3 rings (SSSR count). The lowest BCUT2D eigenvalue weighted by Crippen LogP contribution is -2.31. The third kappa shape index (κ3) is 3.02. The van der Waals surface area contributed by atoms with Gasteiger partial charge in [-0.15, -0.1) is 0 Å². The maximum absolute atomic E-state index is 5.83. The number of fused-ring (bicyclic) bond motifs is 1. The predicted octanol–water partition coefficient (Wildman–Crippen LogP) is 3.36. The van der Waals surface area contributed by atoms with Crippen molar-refractivity contribution in [3.63, 3.8) is 0 Å². The Kier molecular flexibility index (Phi) is 4.20. The first-order valence-corrected chi connectivity index (χ1v) is 7.35. The van der Waals surface area contributed by atoms with Crippen molar-refractivity contribution in [1.82, 2.24) is 4.90 Å². The van der Waals surface area contributed by atoms with Gasteiger partial charge in [-0.1, -0.05) is 23.8 Å². The topological polar surface area (TPSA) is 30.9 Å². The summed E-state index contributed by atoms with van der Waals surface area (Å²) in [5.74, 6) is 2.51. The zero-order valence-electron chi connectivity index (χ0n) is 13.3. The number of aryl methyl sites for hydroxylation is 1. The number of hydrogen-bond donors (Lipinski definition) is 0. The quantitative estimate of drug-likeness (QED) is 0.866. The number of hydrogen-bond acceptors (Lipinski definition) is 4. The molecule has 0 bridgehead atoms. The fraction of sp³-hybridized carbons (Fsp3) is 0.333. The molecule has 0 aromatic heterocycles. The SMILES string of the molecule is COc1ccc(CN2COc3ccc(C)cc3C2)cc1OC. The van der Waals surface area contributed by atoms with Gasteiger partial charge in [0.25, 0.3) is 0 Å². The fourth-order valence-electron chi connectivity index (χ4n) is 2.76. The second kappa shape index (κ2) is 6.28. The van der Waals surface area contributed by atoms with Crippen molar-refractivity contribution in [2.75, 3.05) is 21.0 Å². The highest BCUT2D eigenvalue weighted by Crippen LogP contribution is 2.30. The molecule has 1 aliphatic heterocycles. The van der Waals surface area contributed by atoms with Gasteiger partial charge in [0.2, 0.25) is 0 Å². The number of rotatable bonds is 4. The Morgan fingerprint density at radius 2 is 1.86 bits per heavy atom. The molecule has 0 radical (unpaired) electrons. The van der Waals surface area contributed by atoms with Crippen molar-refractivity contribution >= 4 is 0 Å². The van der Waals surface area contributed by atoms with Gasteiger partial charge >= 0.3 is 0 Å². The molecular weight excluding hydrogens is 278 g/mol. The van der Waals surface area contributed by atoms with E-state index >= 15 is 0 Å². The van der Waals surface area contributed by atoms with Crippen molar-refractivity contribution in [2.24, 2.45) is 0 Å². The van der Waals surface area contributed by atoms with E-state index in [1.807, 2.05) is 12.1 Å². The maximum Gasteiger partial charge on any atom is 0.161 e. The largest absolute Gasteiger partial charge is 0.493 e. The average molecular weight is 299 g/mol. The van der Waals surface area contributed by atoms with Crippen LogP contribution in [0, 0.1) is 6.92 Å². The van der Waals surface area contributed by atoms with Gasteiger partial charge in [-0.2, -0.15) is 0 Å². The van der Waals surface area contributed by atoms with Crippen molar-refractivity contribution in [3.05, 3.63) is 53.1 Å². The Hall–Kier alpha value is -2.20. The molecule has 4 heteroatoms. The second-order valence-electron chi connectivity index (χ2n) is 5.56. The lowest BCUT2D eigenvalue weighted by molar-refractivity contribution is 0.0886. The van der Waals surface area contributed by atoms with E-state index in [0.29, 0.717) is 6.73 Å². The molecule has 22 heavy (non-hydrogen) atoms. The number of ether oxygens (including phenoxy) is 3. The van der Waals surface area contributed by atoms with E-state index < -0.39 is 0 Å². The van der Waals surface area contributed by atoms with Crippen LogP contribution in [0.2, 0.25) is 0 Å². The highest BCUT2D eigenvalue weighted by atomic mass is 16.5. The zero-order chi connectivity index (χ0) is 15.5. The molecule has 0 saturated heterocycles. The highest BCUT2D eigenvalue weighted by Gasteiger charge is 2.18. The summed E-state index contributed by atoms with van der Waals surface area (Å²) in [5.41, 5.74) is 3.68. The van der Waals surface area contributed by atoms with E-state index in [2.05, 4.69) is 36.1 Å². The summed E-state index contributed by atoms with van der Waals surface area (Å²) in [6.07, 6.45) is 0. The van der Waals surface area contributed by atoms with Crippen LogP contribution in [0.4, 0.5) is 0 Å². The van der Waals surface area contributed by atoms with Crippen LogP contribution in [0.1, 0.15) is 16.7 Å². The van der Waals surface area contributed by atoms with E-state index in [0.717, 1.165) is 30.3 Å². The minimum Gasteiger partial charge on any atom is -0.493 e. The third-order valence-electron chi connectivity index (χ3n) is 3.87. The molecule has 0 saturated carbocycles. The summed E-state index contributed by atoms with van der Waals surface area (Å²) in [6, 6.07) is 12.4. The Balaban J connectivity index is 1.74. The van der Waals surface area contributed by atoms with Crippen molar-refractivity contribution in [3.8, 4) is 17.2 Å². The monoisotopic (exact) mass is 299 g/mol. The maximum atomic E-state index is 5.83. The lowest BCUT2D eigenvalue weighted by Gasteiger charge is -2.29. The molecule has 0 spiro atoms. The summed E-state index contributed by atoms with van der Waals surface area (Å²) < 4.78 is 16.5. The normalized spacial score (nSPS) is 14.1. The average Bonchev–Trinajstić information content (AvgIpc) is 2.54. The van der Waals surface area contributed by atoms with Crippen LogP contribution in [0.15, 0.2) is 36.4 Å². The number of nitrogens with zero attached hydrogens (tertiary/aromatic N) is 1. The van der Waals surface area contributed by atoms with Gasteiger partial charge in [-0.25, -0.2) is 0 Å². The fourth-order valence-corrected chi connectivity index (χ4v) is 2.76. The molecular formula is C18H21NO3. The second-order valence-corrected chi connectivity index (χ2v) is 5.56. The number of benzene rings is 2. The van der Waals surface area contributed by atoms with Gasteiger partial charge in [-0.3, -0.25) is 4.90 Å². The van der Waals surface area contributed by atoms with E-state index in [-0.39, 0.29) is 0 Å². The molecule has 0 N–H and O–H groups in total. The van der Waals surface area contributed by atoms with Crippen LogP contribution in [0.5, 0.6) is 17.2 Å². The van der Waals surface area contributed by atoms with Crippen LogP contribution in [0.3, 0.4) is 0 Å². The summed E-state index contributed by atoms with van der Waals surface area (Å²) in [6.45, 7) is 4.41.